The molecule has 2 amide bonds. The van der Waals surface area contributed by atoms with Crippen molar-refractivity contribution in [2.45, 2.75) is 29.5 Å². The lowest BCUT2D eigenvalue weighted by atomic mass is 10.2. The van der Waals surface area contributed by atoms with Crippen molar-refractivity contribution in [2.75, 3.05) is 17.6 Å². The number of carbonyl (C=O) groups excluding carboxylic acids is 2. The number of rotatable bonds is 5. The topological polar surface area (TPSA) is 97.1 Å². The van der Waals surface area contributed by atoms with Gasteiger partial charge in [0.05, 0.1) is 28.2 Å². The van der Waals surface area contributed by atoms with Gasteiger partial charge in [-0.2, -0.15) is 0 Å². The van der Waals surface area contributed by atoms with Crippen LogP contribution in [0.2, 0.25) is 0 Å². The number of hydrogen-bond donors (Lipinski definition) is 3. The second-order valence-corrected chi connectivity index (χ2v) is 6.87. The van der Waals surface area contributed by atoms with Crippen LogP contribution in [0.1, 0.15) is 12.1 Å². The molecule has 1 fully saturated rings. The first-order chi connectivity index (χ1) is 9.77. The Kier molecular flexibility index (Phi) is 4.79. The number of halogens is 2. The number of carbonyl (C=O) groups is 2. The predicted octanol–water partition coefficient (Wildman–Crippen LogP) is 0.965. The van der Waals surface area contributed by atoms with Crippen molar-refractivity contribution in [2.24, 2.45) is 5.73 Å². The number of nitrogens with two attached hydrogens (primary N) is 1. The molecule has 1 atom stereocenters. The highest BCUT2D eigenvalue weighted by Gasteiger charge is 2.42. The highest BCUT2D eigenvalue weighted by molar-refractivity contribution is 8.01. The van der Waals surface area contributed by atoms with E-state index in [0.29, 0.717) is 10.8 Å². The number of aromatic nitrogens is 1. The first-order valence-corrected chi connectivity index (χ1v) is 7.88. The van der Waals surface area contributed by atoms with Crippen LogP contribution in [0.3, 0.4) is 0 Å². The molecule has 21 heavy (non-hydrogen) atoms. The molecule has 6 nitrogen and oxygen atoms in total. The van der Waals surface area contributed by atoms with Crippen molar-refractivity contribution in [1.82, 2.24) is 10.3 Å². The molecule has 0 bridgehead atoms. The Labute approximate surface area is 127 Å². The Morgan fingerprint density at radius 2 is 2.33 bits per heavy atom. The molecule has 2 rings (SSSR count). The minimum atomic E-state index is -2.86. The van der Waals surface area contributed by atoms with Gasteiger partial charge in [-0.25, -0.2) is 13.8 Å². The molecule has 0 aliphatic carbocycles. The molecule has 1 aliphatic heterocycles. The molecular weight excluding hydrogens is 322 g/mol. The van der Waals surface area contributed by atoms with Crippen LogP contribution in [0.15, 0.2) is 4.21 Å². The van der Waals surface area contributed by atoms with Gasteiger partial charge in [-0.3, -0.25) is 14.9 Å². The molecule has 0 aromatic carbocycles. The first kappa shape index (κ1) is 16.1. The van der Waals surface area contributed by atoms with Crippen molar-refractivity contribution in [3.8, 4) is 0 Å². The third kappa shape index (κ3) is 4.35. The second kappa shape index (κ2) is 6.24. The molecule has 1 aliphatic rings. The Morgan fingerprint density at radius 1 is 1.62 bits per heavy atom. The molecule has 1 aromatic heterocycles. The number of aryl methyl sites for hydroxylation is 1. The van der Waals surface area contributed by atoms with E-state index in [4.69, 9.17) is 5.73 Å². The number of primary amides is 1. The fourth-order valence-electron chi connectivity index (χ4n) is 1.80. The van der Waals surface area contributed by atoms with Gasteiger partial charge >= 0.3 is 0 Å². The van der Waals surface area contributed by atoms with Crippen molar-refractivity contribution in [1.29, 1.82) is 0 Å². The maximum absolute atomic E-state index is 13.0. The summed E-state index contributed by atoms with van der Waals surface area (Å²) in [6.07, 6.45) is -0.521. The first-order valence-electron chi connectivity index (χ1n) is 6.07. The largest absolute Gasteiger partial charge is 0.369 e. The monoisotopic (exact) mass is 336 g/mol. The van der Waals surface area contributed by atoms with Crippen molar-refractivity contribution in [3.63, 3.8) is 0 Å². The molecule has 0 spiro atoms. The molecule has 0 radical (unpaired) electrons. The van der Waals surface area contributed by atoms with Crippen molar-refractivity contribution < 1.29 is 18.4 Å². The molecule has 116 valence electrons. The van der Waals surface area contributed by atoms with Gasteiger partial charge in [0.1, 0.15) is 0 Å². The Morgan fingerprint density at radius 3 is 2.90 bits per heavy atom. The number of anilines is 1. The Bertz CT molecular complexity index is 564. The van der Waals surface area contributed by atoms with Crippen LogP contribution in [0.5, 0.6) is 0 Å². The van der Waals surface area contributed by atoms with Gasteiger partial charge in [-0.15, -0.1) is 11.8 Å². The standard InChI is InChI=1S/C11H14F2N4O2S2/c1-5-9(20-3-7(14)18)21-10(16-5)17-8(19)6-2-11(12,13)4-15-6/h6,15H,2-4H2,1H3,(H2,14,18)(H,16,17,19). The number of nitrogens with one attached hydrogen (secondary N) is 2. The third-order valence-corrected chi connectivity index (χ3v) is 5.21. The fraction of sp³-hybridized carbons (Fsp3) is 0.545. The summed E-state index contributed by atoms with van der Waals surface area (Å²) in [5.74, 6) is -3.72. The van der Waals surface area contributed by atoms with Gasteiger partial charge in [-0.1, -0.05) is 11.3 Å². The van der Waals surface area contributed by atoms with Crippen molar-refractivity contribution >= 4 is 40.0 Å². The molecule has 1 aromatic rings. The van der Waals surface area contributed by atoms with Crippen LogP contribution in [-0.4, -0.2) is 41.1 Å². The molecule has 4 N–H and O–H groups in total. The highest BCUT2D eigenvalue weighted by Crippen LogP contribution is 2.32. The van der Waals surface area contributed by atoms with Crippen LogP contribution in [0.4, 0.5) is 13.9 Å². The summed E-state index contributed by atoms with van der Waals surface area (Å²) in [5.41, 5.74) is 5.72. The normalized spacial score (nSPS) is 20.4. The minimum absolute atomic E-state index is 0.118. The van der Waals surface area contributed by atoms with E-state index in [1.54, 1.807) is 6.92 Å². The van der Waals surface area contributed by atoms with Crippen LogP contribution in [0, 0.1) is 6.92 Å². The number of hydrogen-bond acceptors (Lipinski definition) is 6. The highest BCUT2D eigenvalue weighted by atomic mass is 32.2. The zero-order valence-corrected chi connectivity index (χ0v) is 12.7. The summed E-state index contributed by atoms with van der Waals surface area (Å²) in [5, 5.41) is 5.31. The van der Waals surface area contributed by atoms with Crippen LogP contribution in [0.25, 0.3) is 0 Å². The van der Waals surface area contributed by atoms with Gasteiger partial charge in [0.25, 0.3) is 5.92 Å². The lowest BCUT2D eigenvalue weighted by molar-refractivity contribution is -0.118. The molecule has 10 heteroatoms. The van der Waals surface area contributed by atoms with E-state index < -0.39 is 36.7 Å². The van der Waals surface area contributed by atoms with E-state index in [9.17, 15) is 18.4 Å². The molecular formula is C11H14F2N4O2S2. The van der Waals surface area contributed by atoms with E-state index in [2.05, 4.69) is 15.6 Å². The summed E-state index contributed by atoms with van der Waals surface area (Å²) in [6.45, 7) is 1.24. The van der Waals surface area contributed by atoms with Gasteiger partial charge < -0.3 is 11.1 Å². The fourth-order valence-corrected chi connectivity index (χ4v) is 3.68. The number of thioether (sulfide) groups is 1. The Balaban J connectivity index is 1.95. The lowest BCUT2D eigenvalue weighted by Gasteiger charge is -2.08. The maximum atomic E-state index is 13.0. The maximum Gasteiger partial charge on any atom is 0.262 e. The molecule has 1 saturated heterocycles. The number of alkyl halides is 2. The minimum Gasteiger partial charge on any atom is -0.369 e. The Hall–Kier alpha value is -1.26. The van der Waals surface area contributed by atoms with Crippen LogP contribution < -0.4 is 16.4 Å². The van der Waals surface area contributed by atoms with E-state index in [-0.39, 0.29) is 5.75 Å². The lowest BCUT2D eigenvalue weighted by Crippen LogP contribution is -2.35. The number of thiazole rings is 1. The zero-order valence-electron chi connectivity index (χ0n) is 11.1. The molecule has 1 unspecified atom stereocenters. The van der Waals surface area contributed by atoms with E-state index >= 15 is 0 Å². The van der Waals surface area contributed by atoms with E-state index in [0.717, 1.165) is 4.21 Å². The van der Waals surface area contributed by atoms with Crippen molar-refractivity contribution in [3.05, 3.63) is 5.69 Å². The number of nitrogens with zero attached hydrogens (tertiary/aromatic N) is 1. The summed E-state index contributed by atoms with van der Waals surface area (Å²) in [4.78, 5) is 26.7. The summed E-state index contributed by atoms with van der Waals surface area (Å²) in [7, 11) is 0. The van der Waals surface area contributed by atoms with Gasteiger partial charge in [0, 0.05) is 6.42 Å². The van der Waals surface area contributed by atoms with E-state index in [1.807, 2.05) is 0 Å². The quantitative estimate of drug-likeness (QED) is 0.696. The zero-order chi connectivity index (χ0) is 15.6. The van der Waals surface area contributed by atoms with Gasteiger partial charge in [-0.05, 0) is 6.92 Å². The average molecular weight is 336 g/mol. The van der Waals surface area contributed by atoms with Crippen LogP contribution in [-0.2, 0) is 9.59 Å². The van der Waals surface area contributed by atoms with Gasteiger partial charge in [0.15, 0.2) is 5.13 Å². The average Bonchev–Trinajstić information content (AvgIpc) is 2.89. The summed E-state index contributed by atoms with van der Waals surface area (Å²) >= 11 is 2.41. The third-order valence-electron chi connectivity index (χ3n) is 2.76. The molecule has 0 saturated carbocycles. The predicted molar refractivity (Wildman–Crippen MR) is 76.8 cm³/mol. The van der Waals surface area contributed by atoms with Gasteiger partial charge in [0.2, 0.25) is 11.8 Å². The summed E-state index contributed by atoms with van der Waals surface area (Å²) in [6, 6.07) is -0.925. The molecule has 2 heterocycles. The summed E-state index contributed by atoms with van der Waals surface area (Å²) < 4.78 is 26.8. The van der Waals surface area contributed by atoms with E-state index in [1.165, 1.54) is 23.1 Å². The second-order valence-electron chi connectivity index (χ2n) is 4.63. The van der Waals surface area contributed by atoms with Crippen LogP contribution >= 0.6 is 23.1 Å². The smallest absolute Gasteiger partial charge is 0.262 e. The SMILES string of the molecule is Cc1nc(NC(=O)C2CC(F)(F)CN2)sc1SCC(N)=O. The number of amides is 2.